The second-order valence-corrected chi connectivity index (χ2v) is 5.78. The van der Waals surface area contributed by atoms with E-state index in [4.69, 9.17) is 5.84 Å². The summed E-state index contributed by atoms with van der Waals surface area (Å²) in [5.74, 6) is 5.08. The molecule has 0 saturated carbocycles. The molecule has 0 aliphatic heterocycles. The zero-order chi connectivity index (χ0) is 13.9. The summed E-state index contributed by atoms with van der Waals surface area (Å²) < 4.78 is 27.0. The monoisotopic (exact) mass is 345 g/mol. The number of sulfonamides is 1. The Morgan fingerprint density at radius 3 is 2.68 bits per heavy atom. The largest absolute Gasteiger partial charge is 0.307 e. The third kappa shape index (κ3) is 3.13. The van der Waals surface area contributed by atoms with Crippen LogP contribution in [0, 0.1) is 0 Å². The number of hydrogen-bond donors (Lipinski definition) is 3. The van der Waals surface area contributed by atoms with E-state index in [-0.39, 0.29) is 16.7 Å². The Hall–Kier alpha value is -1.85. The normalized spacial score (nSPS) is 11.1. The Morgan fingerprint density at radius 2 is 2.05 bits per heavy atom. The minimum atomic E-state index is -3.93. The molecule has 4 N–H and O–H groups in total. The third-order valence-corrected chi connectivity index (χ3v) is 3.73. The first-order chi connectivity index (χ1) is 9.03. The molecule has 2 heterocycles. The van der Waals surface area contributed by atoms with Crippen molar-refractivity contribution in [3.8, 4) is 0 Å². The van der Waals surface area contributed by atoms with Crippen molar-refractivity contribution < 1.29 is 8.42 Å². The molecule has 0 spiro atoms. The van der Waals surface area contributed by atoms with Gasteiger partial charge in [-0.3, -0.25) is 0 Å². The lowest BCUT2D eigenvalue weighted by molar-refractivity contribution is 0.600. The van der Waals surface area contributed by atoms with Crippen molar-refractivity contribution >= 4 is 37.7 Å². The lowest BCUT2D eigenvalue weighted by Crippen LogP contribution is -2.19. The maximum absolute atomic E-state index is 12.2. The number of aromatic nitrogens is 4. The molecule has 11 heteroatoms. The molecule has 0 aliphatic carbocycles. The second kappa shape index (κ2) is 5.42. The summed E-state index contributed by atoms with van der Waals surface area (Å²) in [6.45, 7) is 0. The molecule has 100 valence electrons. The fourth-order valence-corrected chi connectivity index (χ4v) is 2.78. The fraction of sp³-hybridized carbons (Fsp3) is 0. The topological polar surface area (TPSA) is 136 Å². The Labute approximate surface area is 116 Å². The molecule has 0 unspecified atom stereocenters. The van der Waals surface area contributed by atoms with Gasteiger partial charge in [0.1, 0.15) is 4.90 Å². The summed E-state index contributed by atoms with van der Waals surface area (Å²) in [6.07, 6.45) is 4.05. The quantitative estimate of drug-likeness (QED) is 0.524. The van der Waals surface area contributed by atoms with Gasteiger partial charge in [0.15, 0.2) is 5.82 Å². The number of halogens is 1. The van der Waals surface area contributed by atoms with E-state index in [0.717, 1.165) is 0 Å². The number of pyridine rings is 1. The highest BCUT2D eigenvalue weighted by molar-refractivity contribution is 9.10. The van der Waals surface area contributed by atoms with Gasteiger partial charge in [0.2, 0.25) is 0 Å². The standard InChI is InChI=1S/C8H8BrN7O2S/c9-5-3-6(7(14-10)12-4-5)19(17,18)16-8-11-1-2-13-15-8/h1-4H,10H2,(H,12,14)(H,11,15,16). The Balaban J connectivity index is 2.42. The first-order valence-corrected chi connectivity index (χ1v) is 7.09. The molecule has 0 saturated heterocycles. The van der Waals surface area contributed by atoms with Gasteiger partial charge < -0.3 is 5.43 Å². The lowest BCUT2D eigenvalue weighted by Gasteiger charge is -2.09. The third-order valence-electron chi connectivity index (χ3n) is 1.95. The summed E-state index contributed by atoms with van der Waals surface area (Å²) in [4.78, 5) is 7.42. The molecule has 9 nitrogen and oxygen atoms in total. The molecule has 2 aromatic rings. The molecule has 2 aromatic heterocycles. The molecule has 0 amide bonds. The van der Waals surface area contributed by atoms with E-state index < -0.39 is 10.0 Å². The van der Waals surface area contributed by atoms with Crippen LogP contribution in [0.15, 0.2) is 34.0 Å². The van der Waals surface area contributed by atoms with E-state index in [1.807, 2.05) is 0 Å². The molecule has 0 fully saturated rings. The molecule has 0 aliphatic rings. The number of rotatable bonds is 4. The van der Waals surface area contributed by atoms with Gasteiger partial charge >= 0.3 is 0 Å². The van der Waals surface area contributed by atoms with Crippen LogP contribution in [0.4, 0.5) is 11.8 Å². The molecular formula is C8H8BrN7O2S. The minimum Gasteiger partial charge on any atom is -0.307 e. The summed E-state index contributed by atoms with van der Waals surface area (Å²) in [6, 6.07) is 1.35. The Kier molecular flexibility index (Phi) is 3.87. The van der Waals surface area contributed by atoms with E-state index >= 15 is 0 Å². The van der Waals surface area contributed by atoms with E-state index in [2.05, 4.69) is 46.2 Å². The van der Waals surface area contributed by atoms with Crippen LogP contribution in [-0.4, -0.2) is 28.6 Å². The van der Waals surface area contributed by atoms with Gasteiger partial charge in [-0.25, -0.2) is 29.0 Å². The van der Waals surface area contributed by atoms with Crippen LogP contribution in [0.1, 0.15) is 0 Å². The van der Waals surface area contributed by atoms with Gasteiger partial charge in [-0.05, 0) is 22.0 Å². The zero-order valence-corrected chi connectivity index (χ0v) is 11.7. The summed E-state index contributed by atoms with van der Waals surface area (Å²) in [7, 11) is -3.93. The molecular weight excluding hydrogens is 338 g/mol. The predicted octanol–water partition coefficient (Wildman–Crippen LogP) is 0.115. The molecule has 0 bridgehead atoms. The highest BCUT2D eigenvalue weighted by atomic mass is 79.9. The van der Waals surface area contributed by atoms with E-state index in [9.17, 15) is 8.42 Å². The average molecular weight is 346 g/mol. The van der Waals surface area contributed by atoms with Crippen LogP contribution in [0.2, 0.25) is 0 Å². The van der Waals surface area contributed by atoms with Crippen LogP contribution in [0.25, 0.3) is 0 Å². The zero-order valence-electron chi connectivity index (χ0n) is 9.28. The second-order valence-electron chi connectivity index (χ2n) is 3.22. The highest BCUT2D eigenvalue weighted by Gasteiger charge is 2.21. The first kappa shape index (κ1) is 13.6. The van der Waals surface area contributed by atoms with Gasteiger partial charge in [-0.2, -0.15) is 5.10 Å². The summed E-state index contributed by atoms with van der Waals surface area (Å²) in [5.41, 5.74) is 2.21. The van der Waals surface area contributed by atoms with E-state index in [0.29, 0.717) is 4.47 Å². The smallest absolute Gasteiger partial charge is 0.268 e. The number of hydrazine groups is 1. The van der Waals surface area contributed by atoms with Crippen molar-refractivity contribution in [2.45, 2.75) is 4.90 Å². The molecule has 0 atom stereocenters. The van der Waals surface area contributed by atoms with Crippen LogP contribution >= 0.6 is 15.9 Å². The van der Waals surface area contributed by atoms with Crippen molar-refractivity contribution in [1.29, 1.82) is 0 Å². The maximum atomic E-state index is 12.2. The van der Waals surface area contributed by atoms with Gasteiger partial charge in [-0.1, -0.05) is 0 Å². The van der Waals surface area contributed by atoms with Crippen molar-refractivity contribution in [2.75, 3.05) is 10.1 Å². The van der Waals surface area contributed by atoms with Crippen LogP contribution in [-0.2, 0) is 10.0 Å². The predicted molar refractivity (Wildman–Crippen MR) is 70.4 cm³/mol. The highest BCUT2D eigenvalue weighted by Crippen LogP contribution is 2.23. The number of hydrogen-bond acceptors (Lipinski definition) is 8. The van der Waals surface area contributed by atoms with Crippen molar-refractivity contribution in [2.24, 2.45) is 5.84 Å². The molecule has 0 aromatic carbocycles. The molecule has 19 heavy (non-hydrogen) atoms. The molecule has 2 rings (SSSR count). The van der Waals surface area contributed by atoms with Crippen LogP contribution < -0.4 is 16.0 Å². The maximum Gasteiger partial charge on any atom is 0.268 e. The minimum absolute atomic E-state index is 0.000379. The summed E-state index contributed by atoms with van der Waals surface area (Å²) >= 11 is 3.14. The number of nitrogens with one attached hydrogen (secondary N) is 2. The van der Waals surface area contributed by atoms with Crippen molar-refractivity contribution in [1.82, 2.24) is 20.2 Å². The van der Waals surface area contributed by atoms with Gasteiger partial charge in [0.05, 0.1) is 12.4 Å². The van der Waals surface area contributed by atoms with Crippen LogP contribution in [0.5, 0.6) is 0 Å². The average Bonchev–Trinajstić information content (AvgIpc) is 2.39. The molecule has 0 radical (unpaired) electrons. The first-order valence-electron chi connectivity index (χ1n) is 4.81. The Morgan fingerprint density at radius 1 is 1.26 bits per heavy atom. The van der Waals surface area contributed by atoms with Gasteiger partial charge in [0, 0.05) is 10.7 Å². The number of nitrogen functional groups attached to an aromatic ring is 1. The number of anilines is 2. The van der Waals surface area contributed by atoms with Crippen LogP contribution in [0.3, 0.4) is 0 Å². The van der Waals surface area contributed by atoms with E-state index in [1.54, 1.807) is 0 Å². The fourth-order valence-electron chi connectivity index (χ4n) is 1.20. The number of nitrogens with zero attached hydrogens (tertiary/aromatic N) is 4. The lowest BCUT2D eigenvalue weighted by atomic mass is 10.5. The Bertz CT molecular complexity index is 679. The SMILES string of the molecule is NNc1ncc(Br)cc1S(=O)(=O)Nc1nccnn1. The van der Waals surface area contributed by atoms with Crippen molar-refractivity contribution in [3.05, 3.63) is 29.1 Å². The summed E-state index contributed by atoms with van der Waals surface area (Å²) in [5, 5.41) is 7.05. The number of nitrogens with two attached hydrogens (primary N) is 1. The van der Waals surface area contributed by atoms with E-state index in [1.165, 1.54) is 24.7 Å². The van der Waals surface area contributed by atoms with Crippen molar-refractivity contribution in [3.63, 3.8) is 0 Å². The van der Waals surface area contributed by atoms with Gasteiger partial charge in [0.25, 0.3) is 16.0 Å². The van der Waals surface area contributed by atoms with Gasteiger partial charge in [-0.15, -0.1) is 5.10 Å².